The van der Waals surface area contributed by atoms with Gasteiger partial charge >= 0.3 is 11.9 Å². The van der Waals surface area contributed by atoms with Crippen LogP contribution in [0.25, 0.3) is 5.69 Å². The molecule has 0 radical (unpaired) electrons. The number of carbonyl (C=O) groups is 3. The number of esters is 2. The zero-order valence-corrected chi connectivity index (χ0v) is 19.6. The number of likely N-dealkylation sites (tertiary alicyclic amines) is 1. The van der Waals surface area contributed by atoms with Gasteiger partial charge in [-0.25, -0.2) is 13.9 Å². The zero-order valence-electron chi connectivity index (χ0n) is 19.6. The maximum atomic E-state index is 13.4. The number of fused-ring (bicyclic) bond motifs is 1. The van der Waals surface area contributed by atoms with Gasteiger partial charge in [-0.3, -0.25) is 9.59 Å². The molecule has 2 aromatic rings. The Hall–Kier alpha value is -3.23. The van der Waals surface area contributed by atoms with Gasteiger partial charge in [-0.05, 0) is 76.6 Å². The largest absolute Gasteiger partial charge is 0.466 e. The van der Waals surface area contributed by atoms with Crippen molar-refractivity contribution < 1.29 is 28.2 Å². The Morgan fingerprint density at radius 2 is 1.79 bits per heavy atom. The normalized spacial score (nSPS) is 17.1. The van der Waals surface area contributed by atoms with E-state index < -0.39 is 12.1 Å². The summed E-state index contributed by atoms with van der Waals surface area (Å²) >= 11 is 0. The van der Waals surface area contributed by atoms with Crippen LogP contribution in [-0.2, 0) is 31.9 Å². The monoisotopic (exact) mass is 471 g/mol. The number of amides is 1. The minimum absolute atomic E-state index is 0.205. The molecule has 1 amide bonds. The number of rotatable bonds is 6. The predicted octanol–water partition coefficient (Wildman–Crippen LogP) is 3.24. The number of hydrogen-bond donors (Lipinski definition) is 0. The molecule has 182 valence electrons. The number of aromatic nitrogens is 2. The zero-order chi connectivity index (χ0) is 24.2. The SMILES string of the molecule is CCOC(=O)C1CCN(C(=O)[C@@H](C)OC(=O)c2nn(-c3ccc(F)cc3)c3c2CCCC3)CC1. The van der Waals surface area contributed by atoms with Crippen LogP contribution in [0.5, 0.6) is 0 Å². The molecule has 1 aliphatic heterocycles. The maximum absolute atomic E-state index is 13.4. The molecule has 0 spiro atoms. The fraction of sp³-hybridized carbons (Fsp3) is 0.520. The number of carbonyl (C=O) groups excluding carboxylic acids is 3. The molecule has 1 aliphatic carbocycles. The highest BCUT2D eigenvalue weighted by Gasteiger charge is 2.33. The average Bonchev–Trinajstić information content (AvgIpc) is 3.24. The molecule has 4 rings (SSSR count). The summed E-state index contributed by atoms with van der Waals surface area (Å²) in [4.78, 5) is 39.5. The molecule has 0 N–H and O–H groups in total. The number of ether oxygens (including phenoxy) is 2. The quantitative estimate of drug-likeness (QED) is 0.601. The Morgan fingerprint density at radius 3 is 2.47 bits per heavy atom. The molecule has 1 saturated heterocycles. The third-order valence-electron chi connectivity index (χ3n) is 6.50. The fourth-order valence-corrected chi connectivity index (χ4v) is 4.68. The van der Waals surface area contributed by atoms with Crippen LogP contribution in [0.15, 0.2) is 24.3 Å². The first-order chi connectivity index (χ1) is 16.4. The second-order valence-electron chi connectivity index (χ2n) is 8.77. The topological polar surface area (TPSA) is 90.7 Å². The Labute approximate surface area is 198 Å². The van der Waals surface area contributed by atoms with Crippen molar-refractivity contribution in [3.8, 4) is 5.69 Å². The minimum Gasteiger partial charge on any atom is -0.466 e. The van der Waals surface area contributed by atoms with Crippen molar-refractivity contribution in [2.75, 3.05) is 19.7 Å². The van der Waals surface area contributed by atoms with Gasteiger partial charge in [0.2, 0.25) is 0 Å². The molecule has 0 saturated carbocycles. The second kappa shape index (κ2) is 10.4. The summed E-state index contributed by atoms with van der Waals surface area (Å²) in [5.74, 6) is -1.70. The first kappa shape index (κ1) is 23.9. The van der Waals surface area contributed by atoms with Crippen molar-refractivity contribution in [3.63, 3.8) is 0 Å². The Kier molecular flexibility index (Phi) is 7.29. The van der Waals surface area contributed by atoms with E-state index in [9.17, 15) is 18.8 Å². The van der Waals surface area contributed by atoms with E-state index in [0.29, 0.717) is 44.6 Å². The smallest absolute Gasteiger partial charge is 0.359 e. The minimum atomic E-state index is -0.971. The lowest BCUT2D eigenvalue weighted by molar-refractivity contribution is -0.152. The second-order valence-corrected chi connectivity index (χ2v) is 8.77. The van der Waals surface area contributed by atoms with Crippen molar-refractivity contribution in [1.82, 2.24) is 14.7 Å². The Morgan fingerprint density at radius 1 is 1.12 bits per heavy atom. The molecule has 2 aliphatic rings. The number of piperidine rings is 1. The number of hydrogen-bond acceptors (Lipinski definition) is 6. The molecular formula is C25H30FN3O5. The van der Waals surface area contributed by atoms with Crippen LogP contribution in [0.3, 0.4) is 0 Å². The molecular weight excluding hydrogens is 441 g/mol. The predicted molar refractivity (Wildman–Crippen MR) is 121 cm³/mol. The molecule has 1 aromatic heterocycles. The van der Waals surface area contributed by atoms with Gasteiger partial charge in [-0.15, -0.1) is 0 Å². The molecule has 1 aromatic carbocycles. The van der Waals surface area contributed by atoms with Crippen molar-refractivity contribution >= 4 is 17.8 Å². The van der Waals surface area contributed by atoms with Gasteiger partial charge in [0.25, 0.3) is 5.91 Å². The lowest BCUT2D eigenvalue weighted by Crippen LogP contribution is -2.45. The maximum Gasteiger partial charge on any atom is 0.359 e. The van der Waals surface area contributed by atoms with Crippen LogP contribution in [0.4, 0.5) is 4.39 Å². The van der Waals surface area contributed by atoms with Gasteiger partial charge in [0.1, 0.15) is 5.82 Å². The van der Waals surface area contributed by atoms with Crippen LogP contribution in [0, 0.1) is 11.7 Å². The summed E-state index contributed by atoms with van der Waals surface area (Å²) in [5.41, 5.74) is 2.63. The van der Waals surface area contributed by atoms with Gasteiger partial charge in [0.05, 0.1) is 18.2 Å². The molecule has 2 heterocycles. The summed E-state index contributed by atoms with van der Waals surface area (Å²) in [6.45, 7) is 4.50. The average molecular weight is 472 g/mol. The molecule has 8 nitrogen and oxygen atoms in total. The van der Waals surface area contributed by atoms with E-state index >= 15 is 0 Å². The van der Waals surface area contributed by atoms with Gasteiger partial charge < -0.3 is 14.4 Å². The Balaban J connectivity index is 1.44. The third kappa shape index (κ3) is 4.98. The molecule has 1 atom stereocenters. The van der Waals surface area contributed by atoms with Crippen molar-refractivity contribution in [3.05, 3.63) is 47.0 Å². The molecule has 34 heavy (non-hydrogen) atoms. The van der Waals surface area contributed by atoms with E-state index in [-0.39, 0.29) is 29.3 Å². The fourth-order valence-electron chi connectivity index (χ4n) is 4.68. The van der Waals surface area contributed by atoms with Crippen molar-refractivity contribution in [1.29, 1.82) is 0 Å². The molecule has 1 fully saturated rings. The first-order valence-electron chi connectivity index (χ1n) is 11.9. The van der Waals surface area contributed by atoms with Crippen LogP contribution in [0.2, 0.25) is 0 Å². The number of nitrogens with zero attached hydrogens (tertiary/aromatic N) is 3. The standard InChI is InChI=1S/C25H30FN3O5/c1-3-33-24(31)17-12-14-28(15-13-17)23(30)16(2)34-25(32)22-20-6-4-5-7-21(20)29(27-22)19-10-8-18(26)9-11-19/h8-11,16-17H,3-7,12-15H2,1-2H3/t16-/m1/s1. The van der Waals surface area contributed by atoms with E-state index in [0.717, 1.165) is 30.5 Å². The molecule has 0 unspecified atom stereocenters. The molecule has 0 bridgehead atoms. The number of benzene rings is 1. The van der Waals surface area contributed by atoms with Crippen LogP contribution in [-0.4, -0.2) is 58.3 Å². The van der Waals surface area contributed by atoms with Crippen molar-refractivity contribution in [2.24, 2.45) is 5.92 Å². The van der Waals surface area contributed by atoms with Crippen LogP contribution >= 0.6 is 0 Å². The summed E-state index contributed by atoms with van der Waals surface area (Å²) in [6, 6.07) is 5.96. The first-order valence-corrected chi connectivity index (χ1v) is 11.9. The summed E-state index contributed by atoms with van der Waals surface area (Å²) in [5, 5.41) is 4.51. The highest BCUT2D eigenvalue weighted by atomic mass is 19.1. The lowest BCUT2D eigenvalue weighted by Gasteiger charge is -2.32. The summed E-state index contributed by atoms with van der Waals surface area (Å²) in [6.07, 6.45) is 3.46. The summed E-state index contributed by atoms with van der Waals surface area (Å²) < 4.78 is 25.7. The van der Waals surface area contributed by atoms with Crippen LogP contribution < -0.4 is 0 Å². The van der Waals surface area contributed by atoms with Gasteiger partial charge in [-0.2, -0.15) is 5.10 Å². The van der Waals surface area contributed by atoms with E-state index in [1.165, 1.54) is 12.1 Å². The summed E-state index contributed by atoms with van der Waals surface area (Å²) in [7, 11) is 0. The third-order valence-corrected chi connectivity index (χ3v) is 6.50. The molecule has 9 heteroatoms. The van der Waals surface area contributed by atoms with E-state index in [4.69, 9.17) is 9.47 Å². The van der Waals surface area contributed by atoms with E-state index in [2.05, 4.69) is 5.10 Å². The van der Waals surface area contributed by atoms with Gasteiger partial charge in [-0.1, -0.05) is 0 Å². The van der Waals surface area contributed by atoms with Gasteiger partial charge in [0, 0.05) is 24.3 Å². The lowest BCUT2D eigenvalue weighted by atomic mass is 9.95. The van der Waals surface area contributed by atoms with E-state index in [1.807, 2.05) is 0 Å². The number of halogens is 1. The Bertz CT molecular complexity index is 1060. The van der Waals surface area contributed by atoms with Gasteiger partial charge in [0.15, 0.2) is 11.8 Å². The van der Waals surface area contributed by atoms with Crippen molar-refractivity contribution in [2.45, 2.75) is 58.5 Å². The van der Waals surface area contributed by atoms with E-state index in [1.54, 1.807) is 35.6 Å². The van der Waals surface area contributed by atoms with Crippen LogP contribution in [0.1, 0.15) is 61.3 Å². The highest BCUT2D eigenvalue weighted by molar-refractivity contribution is 5.92. The highest BCUT2D eigenvalue weighted by Crippen LogP contribution is 2.28.